The molecule has 1 atom stereocenters. The van der Waals surface area contributed by atoms with Crippen molar-refractivity contribution in [2.24, 2.45) is 0 Å². The average molecular weight is 700 g/mol. The Hall–Kier alpha value is -4.11. The molecule has 4 rings (SSSR count). The van der Waals surface area contributed by atoms with Gasteiger partial charge in [0.15, 0.2) is 6.04 Å². The number of benzene rings is 2. The molecule has 0 radical (unpaired) electrons. The summed E-state index contributed by atoms with van der Waals surface area (Å²) < 4.78 is 0. The van der Waals surface area contributed by atoms with Gasteiger partial charge in [0.2, 0.25) is 11.7 Å². The minimum atomic E-state index is -1.14. The molecule has 2 heterocycles. The highest BCUT2D eigenvalue weighted by Gasteiger charge is 2.29. The quantitative estimate of drug-likeness (QED) is 0.0661. The molecule has 2 amide bonds. The molecular formula is C40H54ClN7O2. The van der Waals surface area contributed by atoms with Crippen LogP contribution in [-0.4, -0.2) is 37.0 Å². The Morgan fingerprint density at radius 1 is 0.900 bits per heavy atom. The van der Waals surface area contributed by atoms with Gasteiger partial charge in [-0.25, -0.2) is 0 Å². The largest absolute Gasteiger partial charge is 0.338 e. The van der Waals surface area contributed by atoms with Gasteiger partial charge in [0, 0.05) is 28.0 Å². The number of halogens is 1. The SMILES string of the molecule is CCCCCCCCCCCC=CCCCCn1nnc(C(NC(=O)CC)C(=O)Nc2cnc3cc(C)cc(C)c3c2-c2ccccc2Cl)n1. The molecule has 0 saturated heterocycles. The fourth-order valence-electron chi connectivity index (χ4n) is 6.25. The third kappa shape index (κ3) is 11.5. The maximum atomic E-state index is 13.9. The summed E-state index contributed by atoms with van der Waals surface area (Å²) >= 11 is 6.70. The average Bonchev–Trinajstić information content (AvgIpc) is 3.57. The van der Waals surface area contributed by atoms with Crippen LogP contribution in [0, 0.1) is 13.8 Å². The van der Waals surface area contributed by atoms with Gasteiger partial charge in [0.25, 0.3) is 5.91 Å². The molecule has 0 bridgehead atoms. The second kappa shape index (κ2) is 20.5. The smallest absolute Gasteiger partial charge is 0.255 e. The van der Waals surface area contributed by atoms with Gasteiger partial charge >= 0.3 is 0 Å². The van der Waals surface area contributed by atoms with Gasteiger partial charge in [-0.1, -0.05) is 113 Å². The van der Waals surface area contributed by atoms with E-state index in [2.05, 4.69) is 56.2 Å². The van der Waals surface area contributed by atoms with Crippen LogP contribution in [0.1, 0.15) is 127 Å². The number of carbonyl (C=O) groups excluding carboxylic acids is 2. The molecule has 2 N–H and O–H groups in total. The van der Waals surface area contributed by atoms with E-state index in [-0.39, 0.29) is 18.2 Å². The number of aryl methyl sites for hydroxylation is 3. The maximum absolute atomic E-state index is 13.9. The first kappa shape index (κ1) is 38.7. The van der Waals surface area contributed by atoms with Crippen molar-refractivity contribution in [3.63, 3.8) is 0 Å². The van der Waals surface area contributed by atoms with Gasteiger partial charge in [0.05, 0.1) is 23.9 Å². The lowest BCUT2D eigenvalue weighted by Gasteiger charge is -2.19. The lowest BCUT2D eigenvalue weighted by Crippen LogP contribution is -2.37. The third-order valence-corrected chi connectivity index (χ3v) is 9.28. The van der Waals surface area contributed by atoms with Crippen molar-refractivity contribution in [3.8, 4) is 11.1 Å². The molecule has 10 heteroatoms. The minimum Gasteiger partial charge on any atom is -0.338 e. The number of pyridine rings is 1. The number of carbonyl (C=O) groups is 2. The van der Waals surface area contributed by atoms with Crippen molar-refractivity contribution in [2.75, 3.05) is 5.32 Å². The van der Waals surface area contributed by atoms with Crippen molar-refractivity contribution in [2.45, 2.75) is 130 Å². The number of allylic oxidation sites excluding steroid dienone is 2. The van der Waals surface area contributed by atoms with E-state index in [0.717, 1.165) is 58.8 Å². The fourth-order valence-corrected chi connectivity index (χ4v) is 6.48. The van der Waals surface area contributed by atoms with Crippen LogP contribution in [0.3, 0.4) is 0 Å². The molecule has 268 valence electrons. The maximum Gasteiger partial charge on any atom is 0.255 e. The predicted octanol–water partition coefficient (Wildman–Crippen LogP) is 10.0. The number of unbranched alkanes of at least 4 members (excludes halogenated alkanes) is 11. The van der Waals surface area contributed by atoms with E-state index in [1.54, 1.807) is 13.1 Å². The second-order valence-corrected chi connectivity index (χ2v) is 13.6. The van der Waals surface area contributed by atoms with Gasteiger partial charge in [-0.05, 0) is 74.4 Å². The zero-order valence-corrected chi connectivity index (χ0v) is 31.1. The lowest BCUT2D eigenvalue weighted by atomic mass is 9.95. The standard InChI is InChI=1S/C40H54ClN7O2/c1-5-7-8-9-10-11-12-13-14-15-16-17-18-19-22-25-48-46-39(45-47-48)38(44-35(49)6-2)40(50)43-34-28-42-33-27-29(3)26-30(4)36(33)37(34)31-23-20-21-24-32(31)41/h16-17,20-21,23-24,26-28,38H,5-15,18-19,22,25H2,1-4H3,(H,43,50)(H,44,49). The van der Waals surface area contributed by atoms with Crippen LogP contribution in [0.15, 0.2) is 54.7 Å². The molecule has 9 nitrogen and oxygen atoms in total. The van der Waals surface area contributed by atoms with Crippen LogP contribution in [0.2, 0.25) is 5.02 Å². The summed E-state index contributed by atoms with van der Waals surface area (Å²) in [5, 5.41) is 20.1. The monoisotopic (exact) mass is 699 g/mol. The number of hydrogen-bond donors (Lipinski definition) is 2. The van der Waals surface area contributed by atoms with Crippen molar-refractivity contribution < 1.29 is 9.59 Å². The first-order valence-electron chi connectivity index (χ1n) is 18.5. The van der Waals surface area contributed by atoms with Crippen LogP contribution >= 0.6 is 11.6 Å². The normalized spacial score (nSPS) is 12.1. The molecule has 2 aromatic carbocycles. The van der Waals surface area contributed by atoms with Crippen molar-refractivity contribution >= 4 is 40.0 Å². The first-order chi connectivity index (χ1) is 24.3. The molecule has 0 saturated carbocycles. The van der Waals surface area contributed by atoms with Crippen LogP contribution in [0.5, 0.6) is 0 Å². The van der Waals surface area contributed by atoms with E-state index in [9.17, 15) is 9.59 Å². The highest BCUT2D eigenvalue weighted by Crippen LogP contribution is 2.40. The summed E-state index contributed by atoms with van der Waals surface area (Å²) in [7, 11) is 0. The molecule has 50 heavy (non-hydrogen) atoms. The van der Waals surface area contributed by atoms with E-state index >= 15 is 0 Å². The molecule has 0 spiro atoms. The number of aromatic nitrogens is 5. The highest BCUT2D eigenvalue weighted by atomic mass is 35.5. The highest BCUT2D eigenvalue weighted by molar-refractivity contribution is 6.34. The topological polar surface area (TPSA) is 115 Å². The van der Waals surface area contributed by atoms with Crippen LogP contribution < -0.4 is 10.6 Å². The van der Waals surface area contributed by atoms with Gasteiger partial charge in [-0.2, -0.15) is 4.80 Å². The van der Waals surface area contributed by atoms with E-state index in [4.69, 9.17) is 11.6 Å². The molecule has 1 unspecified atom stereocenters. The first-order valence-corrected chi connectivity index (χ1v) is 18.9. The Morgan fingerprint density at radius 3 is 2.28 bits per heavy atom. The Bertz CT molecular complexity index is 1720. The van der Waals surface area contributed by atoms with Gasteiger partial charge < -0.3 is 10.6 Å². The van der Waals surface area contributed by atoms with E-state index < -0.39 is 11.9 Å². The minimum absolute atomic E-state index is 0.130. The number of rotatable bonds is 21. The number of tetrazole rings is 1. The zero-order chi connectivity index (χ0) is 35.7. The van der Waals surface area contributed by atoms with Gasteiger partial charge in [0.1, 0.15) is 0 Å². The number of anilines is 1. The summed E-state index contributed by atoms with van der Waals surface area (Å²) in [6.45, 7) is 8.60. The fraction of sp³-hybridized carbons (Fsp3) is 0.500. The third-order valence-electron chi connectivity index (χ3n) is 8.95. The molecule has 2 aromatic heterocycles. The summed E-state index contributed by atoms with van der Waals surface area (Å²) in [6, 6.07) is 10.5. The number of hydrogen-bond acceptors (Lipinski definition) is 6. The van der Waals surface area contributed by atoms with Crippen LogP contribution in [-0.2, 0) is 16.1 Å². The number of fused-ring (bicyclic) bond motifs is 1. The Labute approximate surface area is 302 Å². The van der Waals surface area contributed by atoms with Crippen molar-refractivity contribution in [3.05, 3.63) is 76.7 Å². The molecule has 0 aliphatic rings. The van der Waals surface area contributed by atoms with Gasteiger partial charge in [-0.3, -0.25) is 14.6 Å². The van der Waals surface area contributed by atoms with Crippen molar-refractivity contribution in [1.82, 2.24) is 30.5 Å². The molecule has 0 aliphatic carbocycles. The van der Waals surface area contributed by atoms with E-state index in [1.807, 2.05) is 44.2 Å². The Kier molecular flexibility index (Phi) is 15.9. The summed E-state index contributed by atoms with van der Waals surface area (Å²) in [4.78, 5) is 32.7. The zero-order valence-electron chi connectivity index (χ0n) is 30.3. The number of nitrogens with zero attached hydrogens (tertiary/aromatic N) is 5. The van der Waals surface area contributed by atoms with E-state index in [1.165, 1.54) is 62.6 Å². The van der Waals surface area contributed by atoms with Crippen LogP contribution in [0.25, 0.3) is 22.0 Å². The molecule has 0 aliphatic heterocycles. The molecule has 0 fully saturated rings. The van der Waals surface area contributed by atoms with Crippen molar-refractivity contribution in [1.29, 1.82) is 0 Å². The number of amides is 2. The summed E-state index contributed by atoms with van der Waals surface area (Å²) in [5.74, 6) is -0.669. The summed E-state index contributed by atoms with van der Waals surface area (Å²) in [5.41, 5.74) is 4.88. The van der Waals surface area contributed by atoms with Crippen LogP contribution in [0.4, 0.5) is 5.69 Å². The molecular weight excluding hydrogens is 646 g/mol. The Balaban J connectivity index is 1.36. The second-order valence-electron chi connectivity index (χ2n) is 13.2. The number of nitrogens with one attached hydrogen (secondary N) is 2. The summed E-state index contributed by atoms with van der Waals surface area (Å²) in [6.07, 6.45) is 22.6. The lowest BCUT2D eigenvalue weighted by molar-refractivity contribution is -0.126. The predicted molar refractivity (Wildman–Crippen MR) is 204 cm³/mol. The van der Waals surface area contributed by atoms with E-state index in [0.29, 0.717) is 17.3 Å². The Morgan fingerprint density at radius 2 is 1.58 bits per heavy atom. The van der Waals surface area contributed by atoms with Gasteiger partial charge in [-0.15, -0.1) is 10.2 Å². The molecule has 4 aromatic rings.